The fourth-order valence-electron chi connectivity index (χ4n) is 5.11. The van der Waals surface area contributed by atoms with Crippen molar-refractivity contribution in [3.63, 3.8) is 0 Å². The highest BCUT2D eigenvalue weighted by atomic mass is 16.2. The van der Waals surface area contributed by atoms with Crippen molar-refractivity contribution in [3.05, 3.63) is 17.5 Å². The van der Waals surface area contributed by atoms with E-state index in [1.807, 2.05) is 0 Å². The molecule has 0 aromatic carbocycles. The van der Waals surface area contributed by atoms with Gasteiger partial charge in [-0.2, -0.15) is 5.10 Å². The van der Waals surface area contributed by atoms with E-state index in [0.29, 0.717) is 5.69 Å². The molecule has 4 rings (SSSR count). The predicted octanol–water partition coefficient (Wildman–Crippen LogP) is 2.63. The lowest BCUT2D eigenvalue weighted by atomic mass is 9.92. The Morgan fingerprint density at radius 1 is 0.968 bits per heavy atom. The Hall–Kier alpha value is -2.38. The zero-order valence-corrected chi connectivity index (χ0v) is 18.8. The number of nitrogens with zero attached hydrogens (tertiary/aromatic N) is 3. The van der Waals surface area contributed by atoms with Crippen molar-refractivity contribution in [2.45, 2.75) is 102 Å². The van der Waals surface area contributed by atoms with Gasteiger partial charge in [-0.25, -0.2) is 0 Å². The van der Waals surface area contributed by atoms with Gasteiger partial charge in [0.2, 0.25) is 5.91 Å². The average molecular weight is 430 g/mol. The minimum atomic E-state index is -1.04. The maximum absolute atomic E-state index is 13.2. The van der Waals surface area contributed by atoms with Crippen molar-refractivity contribution in [3.8, 4) is 0 Å². The molecule has 31 heavy (non-hydrogen) atoms. The summed E-state index contributed by atoms with van der Waals surface area (Å²) in [5, 5.41) is 10.7. The van der Waals surface area contributed by atoms with Gasteiger partial charge in [-0.1, -0.05) is 44.9 Å². The predicted molar refractivity (Wildman–Crippen MR) is 117 cm³/mol. The number of aromatic nitrogens is 2. The van der Waals surface area contributed by atoms with Crippen LogP contribution in [0.15, 0.2) is 6.07 Å². The first kappa shape index (κ1) is 21.8. The lowest BCUT2D eigenvalue weighted by Crippen LogP contribution is -2.63. The van der Waals surface area contributed by atoms with E-state index in [-0.39, 0.29) is 42.0 Å². The van der Waals surface area contributed by atoms with Crippen LogP contribution in [0.25, 0.3) is 0 Å². The third-order valence-electron chi connectivity index (χ3n) is 7.35. The summed E-state index contributed by atoms with van der Waals surface area (Å²) in [6.45, 7) is 2.01. The summed E-state index contributed by atoms with van der Waals surface area (Å²) in [4.78, 5) is 40.5. The van der Waals surface area contributed by atoms with Gasteiger partial charge in [-0.05, 0) is 32.6 Å². The van der Waals surface area contributed by atoms with Crippen molar-refractivity contribution >= 4 is 17.7 Å². The van der Waals surface area contributed by atoms with Gasteiger partial charge in [0, 0.05) is 25.2 Å². The number of hydrogen-bond acceptors (Lipinski definition) is 4. The molecule has 170 valence electrons. The summed E-state index contributed by atoms with van der Waals surface area (Å²) < 4.78 is 1.53. The number of hydrogen-bond donors (Lipinski definition) is 2. The van der Waals surface area contributed by atoms with Crippen LogP contribution in [0.1, 0.15) is 98.5 Å². The third-order valence-corrected chi connectivity index (χ3v) is 7.35. The molecule has 1 aromatic rings. The van der Waals surface area contributed by atoms with Crippen molar-refractivity contribution in [2.24, 2.45) is 0 Å². The first-order valence-corrected chi connectivity index (χ1v) is 11.9. The quantitative estimate of drug-likeness (QED) is 0.719. The maximum Gasteiger partial charge on any atom is 0.272 e. The van der Waals surface area contributed by atoms with E-state index < -0.39 is 5.54 Å². The summed E-state index contributed by atoms with van der Waals surface area (Å²) in [6.07, 6.45) is 12.1. The first-order valence-electron chi connectivity index (χ1n) is 11.9. The lowest BCUT2D eigenvalue weighted by molar-refractivity contribution is -0.133. The highest BCUT2D eigenvalue weighted by Gasteiger charge is 2.46. The molecule has 3 amide bonds. The van der Waals surface area contributed by atoms with Gasteiger partial charge in [0.05, 0.1) is 6.54 Å². The SMILES string of the molecule is CN1C(=O)c2cc(C(=O)NC3CCCCCC3)nn2C[C@]1(C)C(=O)NC1CCCCC1. The van der Waals surface area contributed by atoms with Crippen molar-refractivity contribution in [1.29, 1.82) is 0 Å². The second kappa shape index (κ2) is 9.01. The highest BCUT2D eigenvalue weighted by Crippen LogP contribution is 2.27. The Bertz CT molecular complexity index is 836. The van der Waals surface area contributed by atoms with E-state index >= 15 is 0 Å². The molecule has 8 heteroatoms. The Balaban J connectivity index is 1.48. The molecule has 8 nitrogen and oxygen atoms in total. The Morgan fingerprint density at radius 3 is 2.13 bits per heavy atom. The molecule has 2 saturated carbocycles. The molecule has 0 radical (unpaired) electrons. The van der Waals surface area contributed by atoms with Crippen LogP contribution < -0.4 is 10.6 Å². The van der Waals surface area contributed by atoms with E-state index in [4.69, 9.17) is 0 Å². The Morgan fingerprint density at radius 2 is 1.52 bits per heavy atom. The number of fused-ring (bicyclic) bond motifs is 1. The molecule has 1 aliphatic heterocycles. The van der Waals surface area contributed by atoms with Gasteiger partial charge < -0.3 is 15.5 Å². The number of likely N-dealkylation sites (N-methyl/N-ethyl adjacent to an activating group) is 1. The summed E-state index contributed by atoms with van der Waals surface area (Å²) in [6, 6.07) is 1.89. The number of carbonyl (C=O) groups excluding carboxylic acids is 3. The first-order chi connectivity index (χ1) is 14.9. The number of carbonyl (C=O) groups is 3. The normalized spacial score (nSPS) is 25.6. The van der Waals surface area contributed by atoms with Crippen LogP contribution in [0.4, 0.5) is 0 Å². The second-order valence-electron chi connectivity index (χ2n) is 9.68. The average Bonchev–Trinajstić information content (AvgIpc) is 3.01. The molecule has 2 heterocycles. The van der Waals surface area contributed by atoms with Crippen LogP contribution in [0.3, 0.4) is 0 Å². The van der Waals surface area contributed by atoms with Gasteiger partial charge in [0.15, 0.2) is 5.69 Å². The third kappa shape index (κ3) is 4.48. The summed E-state index contributed by atoms with van der Waals surface area (Å²) in [5.74, 6) is -0.674. The monoisotopic (exact) mass is 429 g/mol. The van der Waals surface area contributed by atoms with Gasteiger partial charge >= 0.3 is 0 Å². The molecule has 2 aliphatic carbocycles. The second-order valence-corrected chi connectivity index (χ2v) is 9.68. The fraction of sp³-hybridized carbons (Fsp3) is 0.739. The number of nitrogens with one attached hydrogen (secondary N) is 2. The topological polar surface area (TPSA) is 96.3 Å². The van der Waals surface area contributed by atoms with Crippen LogP contribution in [-0.4, -0.2) is 57.1 Å². The molecule has 2 fully saturated rings. The molecule has 0 saturated heterocycles. The number of rotatable bonds is 4. The van der Waals surface area contributed by atoms with Crippen LogP contribution in [0, 0.1) is 0 Å². The molecule has 1 aromatic heterocycles. The van der Waals surface area contributed by atoms with Gasteiger partial charge in [-0.15, -0.1) is 0 Å². The fourth-order valence-corrected chi connectivity index (χ4v) is 5.11. The largest absolute Gasteiger partial charge is 0.351 e. The Labute approximate surface area is 184 Å². The minimum absolute atomic E-state index is 0.152. The van der Waals surface area contributed by atoms with Gasteiger partial charge in [0.1, 0.15) is 11.2 Å². The smallest absolute Gasteiger partial charge is 0.272 e. The molecule has 3 aliphatic rings. The van der Waals surface area contributed by atoms with E-state index in [2.05, 4.69) is 15.7 Å². The lowest BCUT2D eigenvalue weighted by Gasteiger charge is -2.41. The van der Waals surface area contributed by atoms with Crippen molar-refractivity contribution in [2.75, 3.05) is 7.05 Å². The van der Waals surface area contributed by atoms with E-state index in [1.165, 1.54) is 28.8 Å². The maximum atomic E-state index is 13.2. The molecule has 1 atom stereocenters. The van der Waals surface area contributed by atoms with Crippen LogP contribution in [-0.2, 0) is 11.3 Å². The molecular weight excluding hydrogens is 394 g/mol. The molecule has 2 N–H and O–H groups in total. The van der Waals surface area contributed by atoms with Gasteiger partial charge in [0.25, 0.3) is 11.8 Å². The Kier molecular flexibility index (Phi) is 6.34. The van der Waals surface area contributed by atoms with E-state index in [9.17, 15) is 14.4 Å². The van der Waals surface area contributed by atoms with Crippen LogP contribution in [0.2, 0.25) is 0 Å². The molecular formula is C23H35N5O3. The standard InChI is InChI=1S/C23H35N5O3/c1-23(22(31)25-17-12-8-5-9-13-17)15-28-19(21(30)27(23)2)14-18(26-28)20(29)24-16-10-6-3-4-7-11-16/h14,16-17H,3-13,15H2,1-2H3,(H,24,29)(H,25,31)/t23-/m1/s1. The van der Waals surface area contributed by atoms with Gasteiger partial charge in [-0.3, -0.25) is 19.1 Å². The van der Waals surface area contributed by atoms with Crippen molar-refractivity contribution < 1.29 is 14.4 Å². The zero-order chi connectivity index (χ0) is 22.0. The molecule has 0 spiro atoms. The summed E-state index contributed by atoms with van der Waals surface area (Å²) in [5.41, 5.74) is -0.433. The zero-order valence-electron chi connectivity index (χ0n) is 18.8. The van der Waals surface area contributed by atoms with Crippen molar-refractivity contribution in [1.82, 2.24) is 25.3 Å². The van der Waals surface area contributed by atoms with E-state index in [1.54, 1.807) is 20.0 Å². The number of amides is 3. The molecule has 0 unspecified atom stereocenters. The van der Waals surface area contributed by atoms with E-state index in [0.717, 1.165) is 51.4 Å². The molecule has 0 bridgehead atoms. The summed E-state index contributed by atoms with van der Waals surface area (Å²) in [7, 11) is 1.66. The van der Waals surface area contributed by atoms with Crippen LogP contribution in [0.5, 0.6) is 0 Å². The highest BCUT2D eigenvalue weighted by molar-refractivity contribution is 6.01. The minimum Gasteiger partial charge on any atom is -0.351 e. The summed E-state index contributed by atoms with van der Waals surface area (Å²) >= 11 is 0. The van der Waals surface area contributed by atoms with Crippen LogP contribution >= 0.6 is 0 Å².